The third-order valence-corrected chi connectivity index (χ3v) is 7.33. The first-order chi connectivity index (χ1) is 16.4. The molecule has 3 aromatic carbocycles. The lowest BCUT2D eigenvalue weighted by atomic mass is 9.56. The molecule has 0 bridgehead atoms. The van der Waals surface area contributed by atoms with Crippen LogP contribution in [0.3, 0.4) is 0 Å². The number of phenolic OH excluding ortho intramolecular Hbond substituents is 1. The van der Waals surface area contributed by atoms with E-state index in [1.807, 2.05) is 36.4 Å². The fourth-order valence-electron chi connectivity index (χ4n) is 5.48. The highest BCUT2D eigenvalue weighted by Crippen LogP contribution is 2.59. The Morgan fingerprint density at radius 3 is 2.41 bits per heavy atom. The average Bonchev–Trinajstić information content (AvgIpc) is 3.07. The van der Waals surface area contributed by atoms with Gasteiger partial charge in [0.25, 0.3) is 0 Å². The summed E-state index contributed by atoms with van der Waals surface area (Å²) in [5.74, 6) is -2.03. The molecule has 34 heavy (non-hydrogen) atoms. The highest BCUT2D eigenvalue weighted by atomic mass is 35.5. The first kappa shape index (κ1) is 22.5. The Labute approximate surface area is 207 Å². The lowest BCUT2D eigenvalue weighted by Crippen LogP contribution is -2.48. The molecule has 1 N–H and O–H groups in total. The number of hydrogen-bond acceptors (Lipinski definition) is 3. The number of imide groups is 1. The van der Waals surface area contributed by atoms with Gasteiger partial charge in [0.2, 0.25) is 11.8 Å². The first-order valence-corrected chi connectivity index (χ1v) is 11.7. The molecule has 6 heteroatoms. The summed E-state index contributed by atoms with van der Waals surface area (Å²) in [6, 6.07) is 20.8. The van der Waals surface area contributed by atoms with Crippen LogP contribution in [0.15, 0.2) is 97.1 Å². The predicted octanol–water partition coefficient (Wildman–Crippen LogP) is 6.43. The summed E-state index contributed by atoms with van der Waals surface area (Å²) in [7, 11) is 0. The van der Waals surface area contributed by atoms with Gasteiger partial charge in [-0.3, -0.25) is 9.59 Å². The number of anilines is 1. The molecule has 0 saturated carbocycles. The number of hydrogen-bond donors (Lipinski definition) is 1. The van der Waals surface area contributed by atoms with E-state index in [9.17, 15) is 14.7 Å². The van der Waals surface area contributed by atoms with Crippen LogP contribution in [0.25, 0.3) is 0 Å². The zero-order valence-corrected chi connectivity index (χ0v) is 19.6. The molecule has 4 nitrogen and oxygen atoms in total. The van der Waals surface area contributed by atoms with Gasteiger partial charge < -0.3 is 5.11 Å². The lowest BCUT2D eigenvalue weighted by molar-refractivity contribution is -0.123. The van der Waals surface area contributed by atoms with Crippen molar-refractivity contribution in [2.45, 2.75) is 17.8 Å². The summed E-state index contributed by atoms with van der Waals surface area (Å²) >= 11 is 12.5. The Kier molecular flexibility index (Phi) is 5.59. The number of phenols is 1. The molecule has 3 aromatic rings. The molecule has 0 spiro atoms. The second kappa shape index (κ2) is 8.46. The van der Waals surface area contributed by atoms with Gasteiger partial charge in [-0.2, -0.15) is 0 Å². The molecule has 1 saturated heterocycles. The minimum absolute atomic E-state index is 0.000407. The van der Waals surface area contributed by atoms with Crippen LogP contribution in [-0.4, -0.2) is 16.9 Å². The van der Waals surface area contributed by atoms with Crippen LogP contribution >= 0.6 is 23.2 Å². The molecule has 1 heterocycles. The SMILES string of the molecule is C=CC1=CC[C@H]2C(=O)N(c3cccc(Cl)c3)C(=O)[C@@]2(c2ccccc2)[C@H]1c1cc(Cl)ccc1O. The number of amides is 2. The van der Waals surface area contributed by atoms with Crippen molar-refractivity contribution in [1.29, 1.82) is 0 Å². The average molecular weight is 490 g/mol. The molecule has 2 amide bonds. The molecule has 170 valence electrons. The summed E-state index contributed by atoms with van der Waals surface area (Å²) in [6.45, 7) is 3.97. The lowest BCUT2D eigenvalue weighted by Gasteiger charge is -2.43. The van der Waals surface area contributed by atoms with Gasteiger partial charge in [-0.15, -0.1) is 0 Å². The maximum atomic E-state index is 14.5. The van der Waals surface area contributed by atoms with Crippen molar-refractivity contribution in [2.75, 3.05) is 4.90 Å². The number of benzene rings is 3. The molecule has 1 aliphatic heterocycles. The summed E-state index contributed by atoms with van der Waals surface area (Å²) in [6.07, 6.45) is 3.97. The number of halogens is 2. The van der Waals surface area contributed by atoms with Gasteiger partial charge in [-0.1, -0.05) is 78.3 Å². The van der Waals surface area contributed by atoms with E-state index in [0.717, 1.165) is 5.57 Å². The van der Waals surface area contributed by atoms with Gasteiger partial charge in [-0.25, -0.2) is 4.90 Å². The quantitative estimate of drug-likeness (QED) is 0.429. The van der Waals surface area contributed by atoms with Crippen LogP contribution in [0.2, 0.25) is 10.0 Å². The maximum absolute atomic E-state index is 14.5. The Balaban J connectivity index is 1.84. The van der Waals surface area contributed by atoms with Crippen LogP contribution in [0, 0.1) is 5.92 Å². The largest absolute Gasteiger partial charge is 0.508 e. The minimum Gasteiger partial charge on any atom is -0.508 e. The van der Waals surface area contributed by atoms with Crippen LogP contribution in [0.4, 0.5) is 5.69 Å². The van der Waals surface area contributed by atoms with E-state index in [-0.39, 0.29) is 17.6 Å². The third kappa shape index (κ3) is 3.21. The predicted molar refractivity (Wildman–Crippen MR) is 134 cm³/mol. The van der Waals surface area contributed by atoms with Crippen molar-refractivity contribution in [2.24, 2.45) is 5.92 Å². The summed E-state index contributed by atoms with van der Waals surface area (Å²) in [5.41, 5.74) is 1.04. The number of carbonyl (C=O) groups is 2. The Morgan fingerprint density at radius 2 is 1.71 bits per heavy atom. The number of aromatic hydroxyl groups is 1. The van der Waals surface area contributed by atoms with Crippen molar-refractivity contribution in [3.63, 3.8) is 0 Å². The third-order valence-electron chi connectivity index (χ3n) is 6.86. The van der Waals surface area contributed by atoms with E-state index >= 15 is 0 Å². The molecular weight excluding hydrogens is 469 g/mol. The fraction of sp³-hybridized carbons (Fsp3) is 0.143. The van der Waals surface area contributed by atoms with E-state index in [4.69, 9.17) is 23.2 Å². The number of fused-ring (bicyclic) bond motifs is 1. The van der Waals surface area contributed by atoms with E-state index in [1.165, 1.54) is 11.0 Å². The van der Waals surface area contributed by atoms with E-state index in [1.54, 1.807) is 42.5 Å². The van der Waals surface area contributed by atoms with Crippen molar-refractivity contribution in [3.8, 4) is 5.75 Å². The highest BCUT2D eigenvalue weighted by Gasteiger charge is 2.66. The van der Waals surface area contributed by atoms with Gasteiger partial charge in [0.05, 0.1) is 17.0 Å². The zero-order chi connectivity index (χ0) is 24.0. The van der Waals surface area contributed by atoms with Gasteiger partial charge in [0.15, 0.2) is 0 Å². The van der Waals surface area contributed by atoms with Crippen LogP contribution in [-0.2, 0) is 15.0 Å². The van der Waals surface area contributed by atoms with Crippen molar-refractivity contribution < 1.29 is 14.7 Å². The second-order valence-corrected chi connectivity index (χ2v) is 9.40. The molecule has 5 rings (SSSR count). The Morgan fingerprint density at radius 1 is 0.971 bits per heavy atom. The van der Waals surface area contributed by atoms with Crippen molar-refractivity contribution in [3.05, 3.63) is 118 Å². The molecule has 1 aliphatic carbocycles. The van der Waals surface area contributed by atoms with E-state index in [2.05, 4.69) is 6.58 Å². The number of nitrogens with zero attached hydrogens (tertiary/aromatic N) is 1. The summed E-state index contributed by atoms with van der Waals surface area (Å²) in [5, 5.41) is 11.8. The highest BCUT2D eigenvalue weighted by molar-refractivity contribution is 6.32. The standard InChI is InChI=1S/C28H21Cl2NO3/c1-2-17-11-13-23-26(33)31(21-10-6-9-19(29)15-21)27(34)28(23,18-7-4-3-5-8-18)25(17)22-16-20(30)12-14-24(22)32/h2-12,14-16,23,25,32H,1,13H2/t23-,25+,28+/m0/s1. The number of allylic oxidation sites excluding steroid dienone is 3. The maximum Gasteiger partial charge on any atom is 0.246 e. The van der Waals surface area contributed by atoms with Crippen LogP contribution in [0.1, 0.15) is 23.5 Å². The first-order valence-electron chi connectivity index (χ1n) is 10.9. The molecule has 3 atom stereocenters. The van der Waals surface area contributed by atoms with Crippen LogP contribution < -0.4 is 4.90 Å². The van der Waals surface area contributed by atoms with Gasteiger partial charge in [0.1, 0.15) is 5.75 Å². The molecular formula is C28H21Cl2NO3. The summed E-state index contributed by atoms with van der Waals surface area (Å²) < 4.78 is 0. The topological polar surface area (TPSA) is 57.6 Å². The van der Waals surface area contributed by atoms with Crippen molar-refractivity contribution in [1.82, 2.24) is 0 Å². The van der Waals surface area contributed by atoms with E-state index < -0.39 is 17.3 Å². The number of carbonyl (C=O) groups excluding carboxylic acids is 2. The smallest absolute Gasteiger partial charge is 0.246 e. The Bertz CT molecular complexity index is 1350. The van der Waals surface area contributed by atoms with Gasteiger partial charge in [-0.05, 0) is 54.0 Å². The monoisotopic (exact) mass is 489 g/mol. The van der Waals surface area contributed by atoms with E-state index in [0.29, 0.717) is 33.3 Å². The Hall–Kier alpha value is -3.34. The van der Waals surface area contributed by atoms with Crippen molar-refractivity contribution >= 4 is 40.7 Å². The molecule has 2 aliphatic rings. The molecule has 0 aromatic heterocycles. The zero-order valence-electron chi connectivity index (χ0n) is 18.1. The number of rotatable bonds is 4. The fourth-order valence-corrected chi connectivity index (χ4v) is 5.84. The molecule has 0 radical (unpaired) electrons. The second-order valence-electron chi connectivity index (χ2n) is 8.53. The summed E-state index contributed by atoms with van der Waals surface area (Å²) in [4.78, 5) is 29.6. The van der Waals surface area contributed by atoms with Gasteiger partial charge in [0, 0.05) is 21.5 Å². The molecule has 0 unspecified atom stereocenters. The normalized spacial score (nSPS) is 24.1. The minimum atomic E-state index is -1.30. The van der Waals surface area contributed by atoms with Crippen LogP contribution in [0.5, 0.6) is 5.75 Å². The van der Waals surface area contributed by atoms with Gasteiger partial charge >= 0.3 is 0 Å². The molecule has 1 fully saturated rings.